The molecular formula is C21H20N4O4S. The molecule has 1 N–H and O–H groups in total. The first-order valence-electron chi connectivity index (χ1n) is 9.46. The maximum absolute atomic E-state index is 12.5. The van der Waals surface area contributed by atoms with E-state index in [-0.39, 0.29) is 30.8 Å². The van der Waals surface area contributed by atoms with E-state index in [4.69, 9.17) is 9.47 Å². The van der Waals surface area contributed by atoms with E-state index in [1.807, 2.05) is 29.7 Å². The molecule has 2 aromatic carbocycles. The molecule has 0 bridgehead atoms. The van der Waals surface area contributed by atoms with E-state index in [1.165, 1.54) is 11.8 Å². The summed E-state index contributed by atoms with van der Waals surface area (Å²) in [5, 5.41) is 11.9. The average molecular weight is 424 g/mol. The van der Waals surface area contributed by atoms with Crippen LogP contribution in [0.25, 0.3) is 0 Å². The Bertz CT molecular complexity index is 1070. The first kappa shape index (κ1) is 20.0. The van der Waals surface area contributed by atoms with Crippen LogP contribution in [0.4, 0.5) is 0 Å². The number of fused-ring (bicyclic) bond motifs is 1. The molecule has 154 valence electrons. The highest BCUT2D eigenvalue weighted by Gasteiger charge is 2.18. The van der Waals surface area contributed by atoms with Crippen LogP contribution in [0.2, 0.25) is 0 Å². The van der Waals surface area contributed by atoms with E-state index < -0.39 is 0 Å². The van der Waals surface area contributed by atoms with Crippen molar-refractivity contribution < 1.29 is 19.1 Å². The van der Waals surface area contributed by atoms with Crippen molar-refractivity contribution in [2.45, 2.75) is 25.2 Å². The number of carbonyl (C=O) groups is 2. The summed E-state index contributed by atoms with van der Waals surface area (Å²) >= 11 is 1.34. The first-order valence-corrected chi connectivity index (χ1v) is 10.4. The molecule has 2 heterocycles. The number of hydrogen-bond acceptors (Lipinski definition) is 7. The summed E-state index contributed by atoms with van der Waals surface area (Å²) in [6.45, 7) is 2.98. The number of Topliss-reactive ketones (excluding diaryl/α,β-unsaturated/α-hetero) is 1. The van der Waals surface area contributed by atoms with Gasteiger partial charge in [-0.15, -0.1) is 10.2 Å². The number of thioether (sulfide) groups is 1. The molecule has 0 spiro atoms. The maximum Gasteiger partial charge on any atom is 0.251 e. The van der Waals surface area contributed by atoms with Crippen molar-refractivity contribution in [3.05, 3.63) is 65.5 Å². The Morgan fingerprint density at radius 3 is 2.67 bits per heavy atom. The minimum absolute atomic E-state index is 0.0314. The third-order valence-corrected chi connectivity index (χ3v) is 5.55. The van der Waals surface area contributed by atoms with Gasteiger partial charge < -0.3 is 19.4 Å². The van der Waals surface area contributed by atoms with E-state index >= 15 is 0 Å². The fourth-order valence-corrected chi connectivity index (χ4v) is 3.93. The molecule has 1 aliphatic rings. The van der Waals surface area contributed by atoms with Crippen LogP contribution in [0.1, 0.15) is 33.5 Å². The summed E-state index contributed by atoms with van der Waals surface area (Å²) in [6.07, 6.45) is 0. The van der Waals surface area contributed by atoms with Gasteiger partial charge in [0.1, 0.15) is 0 Å². The highest BCUT2D eigenvalue weighted by molar-refractivity contribution is 7.99. The SMILES string of the molecule is CCn1c(CNC(=O)c2ccc3c(c2)OCO3)nnc1SCC(=O)c1ccccc1. The lowest BCUT2D eigenvalue weighted by atomic mass is 10.2. The lowest BCUT2D eigenvalue weighted by Gasteiger charge is -2.09. The van der Waals surface area contributed by atoms with Crippen LogP contribution in [-0.2, 0) is 13.1 Å². The van der Waals surface area contributed by atoms with Gasteiger partial charge in [-0.3, -0.25) is 9.59 Å². The average Bonchev–Trinajstić information content (AvgIpc) is 3.42. The van der Waals surface area contributed by atoms with Crippen molar-refractivity contribution in [1.29, 1.82) is 0 Å². The van der Waals surface area contributed by atoms with Crippen LogP contribution in [0.3, 0.4) is 0 Å². The second-order valence-electron chi connectivity index (χ2n) is 6.47. The number of amides is 1. The standard InChI is InChI=1S/C21H20N4O4S/c1-2-25-19(11-22-20(27)15-8-9-17-18(10-15)29-13-28-17)23-24-21(25)30-12-16(26)14-6-4-3-5-7-14/h3-10H,2,11-13H2,1H3,(H,22,27). The zero-order valence-corrected chi connectivity index (χ0v) is 17.1. The van der Waals surface area contributed by atoms with Gasteiger partial charge in [0, 0.05) is 17.7 Å². The van der Waals surface area contributed by atoms with Crippen molar-refractivity contribution in [2.24, 2.45) is 0 Å². The molecule has 3 aromatic rings. The molecule has 4 rings (SSSR count). The Labute approximate surface area is 177 Å². The number of nitrogens with one attached hydrogen (secondary N) is 1. The van der Waals surface area contributed by atoms with Crippen molar-refractivity contribution in [3.8, 4) is 11.5 Å². The minimum Gasteiger partial charge on any atom is -0.454 e. The fraction of sp³-hybridized carbons (Fsp3) is 0.238. The molecule has 0 unspecified atom stereocenters. The third kappa shape index (κ3) is 4.30. The first-order chi connectivity index (χ1) is 14.7. The molecule has 0 aliphatic carbocycles. The number of aromatic nitrogens is 3. The summed E-state index contributed by atoms with van der Waals surface area (Å²) in [7, 11) is 0. The molecule has 1 amide bonds. The number of benzene rings is 2. The third-order valence-electron chi connectivity index (χ3n) is 4.58. The number of hydrogen-bond donors (Lipinski definition) is 1. The quantitative estimate of drug-likeness (QED) is 0.439. The Hall–Kier alpha value is -3.33. The molecule has 9 heteroatoms. The van der Waals surface area contributed by atoms with Crippen LogP contribution in [0.15, 0.2) is 53.7 Å². The summed E-state index contributed by atoms with van der Waals surface area (Å²) < 4.78 is 12.5. The molecule has 1 aromatic heterocycles. The van der Waals surface area contributed by atoms with Crippen molar-refractivity contribution in [1.82, 2.24) is 20.1 Å². The second-order valence-corrected chi connectivity index (χ2v) is 7.41. The molecule has 8 nitrogen and oxygen atoms in total. The maximum atomic E-state index is 12.5. The number of carbonyl (C=O) groups excluding carboxylic acids is 2. The zero-order chi connectivity index (χ0) is 20.9. The van der Waals surface area contributed by atoms with Gasteiger partial charge >= 0.3 is 0 Å². The van der Waals surface area contributed by atoms with Crippen LogP contribution >= 0.6 is 11.8 Å². The monoisotopic (exact) mass is 424 g/mol. The van der Waals surface area contributed by atoms with Gasteiger partial charge in [0.05, 0.1) is 12.3 Å². The van der Waals surface area contributed by atoms with E-state index in [1.54, 1.807) is 30.3 Å². The summed E-state index contributed by atoms with van der Waals surface area (Å²) in [6, 6.07) is 14.2. The highest BCUT2D eigenvalue weighted by atomic mass is 32.2. The Morgan fingerprint density at radius 2 is 1.87 bits per heavy atom. The molecule has 0 saturated heterocycles. The molecule has 0 atom stereocenters. The zero-order valence-electron chi connectivity index (χ0n) is 16.3. The van der Waals surface area contributed by atoms with E-state index in [2.05, 4.69) is 15.5 Å². The van der Waals surface area contributed by atoms with Gasteiger partial charge in [0.25, 0.3) is 5.91 Å². The van der Waals surface area contributed by atoms with Gasteiger partial charge in [0.2, 0.25) is 6.79 Å². The summed E-state index contributed by atoms with van der Waals surface area (Å²) in [5.74, 6) is 1.87. The van der Waals surface area contributed by atoms with E-state index in [0.717, 1.165) is 0 Å². The van der Waals surface area contributed by atoms with Crippen molar-refractivity contribution in [3.63, 3.8) is 0 Å². The number of rotatable bonds is 8. The van der Waals surface area contributed by atoms with Crippen LogP contribution in [-0.4, -0.2) is 39.0 Å². The molecule has 0 radical (unpaired) electrons. The van der Waals surface area contributed by atoms with Crippen LogP contribution < -0.4 is 14.8 Å². The van der Waals surface area contributed by atoms with Gasteiger partial charge in [-0.2, -0.15) is 0 Å². The molecule has 0 saturated carbocycles. The number of nitrogens with zero attached hydrogens (tertiary/aromatic N) is 3. The number of ether oxygens (including phenoxy) is 2. The van der Waals surface area contributed by atoms with Crippen molar-refractivity contribution >= 4 is 23.5 Å². The number of ketones is 1. The largest absolute Gasteiger partial charge is 0.454 e. The van der Waals surface area contributed by atoms with Crippen LogP contribution in [0, 0.1) is 0 Å². The van der Waals surface area contributed by atoms with E-state index in [0.29, 0.717) is 40.2 Å². The lowest BCUT2D eigenvalue weighted by molar-refractivity contribution is 0.0948. The lowest BCUT2D eigenvalue weighted by Crippen LogP contribution is -2.24. The predicted octanol–water partition coefficient (Wildman–Crippen LogP) is 2.93. The fourth-order valence-electron chi connectivity index (χ4n) is 3.01. The van der Waals surface area contributed by atoms with Gasteiger partial charge in [-0.1, -0.05) is 42.1 Å². The molecule has 1 aliphatic heterocycles. The van der Waals surface area contributed by atoms with Crippen molar-refractivity contribution in [2.75, 3.05) is 12.5 Å². The molecule has 0 fully saturated rings. The Balaban J connectivity index is 1.37. The minimum atomic E-state index is -0.243. The second kappa shape index (κ2) is 9.00. The summed E-state index contributed by atoms with van der Waals surface area (Å²) in [4.78, 5) is 24.8. The highest BCUT2D eigenvalue weighted by Crippen LogP contribution is 2.32. The van der Waals surface area contributed by atoms with Gasteiger partial charge in [-0.25, -0.2) is 0 Å². The normalized spacial score (nSPS) is 12.0. The smallest absolute Gasteiger partial charge is 0.251 e. The predicted molar refractivity (Wildman–Crippen MR) is 111 cm³/mol. The Morgan fingerprint density at radius 1 is 1.07 bits per heavy atom. The molecular weight excluding hydrogens is 404 g/mol. The topological polar surface area (TPSA) is 95.3 Å². The van der Waals surface area contributed by atoms with Gasteiger partial charge in [0.15, 0.2) is 28.3 Å². The van der Waals surface area contributed by atoms with Crippen LogP contribution in [0.5, 0.6) is 11.5 Å². The molecule has 30 heavy (non-hydrogen) atoms. The Kier molecular flexibility index (Phi) is 5.99. The van der Waals surface area contributed by atoms with E-state index in [9.17, 15) is 9.59 Å². The summed E-state index contributed by atoms with van der Waals surface area (Å²) in [5.41, 5.74) is 1.15. The van der Waals surface area contributed by atoms with Gasteiger partial charge in [-0.05, 0) is 25.1 Å².